The van der Waals surface area contributed by atoms with E-state index in [4.69, 9.17) is 25.8 Å². The molecule has 0 radical (unpaired) electrons. The minimum atomic E-state index is -0.834. The number of ether oxygens (including phenoxy) is 3. The molecule has 0 saturated carbocycles. The molecule has 0 aliphatic carbocycles. The summed E-state index contributed by atoms with van der Waals surface area (Å²) in [5.74, 6) is 1.22. The molecule has 4 aromatic rings. The first-order valence-corrected chi connectivity index (χ1v) is 21.2. The maximum Gasteiger partial charge on any atom is 0.320 e. The molecular formula is C47H54ClN5O6. The highest BCUT2D eigenvalue weighted by atomic mass is 35.5. The number of pyridine rings is 1. The standard InChI is InChI=1S/C47H54ClN5O6/c1-32-36(9-5-10-38(32)39-11-6-13-42(33(39)2)57-22-8-18-52-20-16-47(17-21-52)15-7-14-45(54)51-47)31-59-44-25-43(58-30-35-23-34(26-49)27-50-28-35)37(24-40(44)48)29-53-19-4-3-12-41(53)46(55)56/h5-6,9-11,13,23-25,27-28,41H,3-4,7-8,12,14-22,29-31H2,1-2H3,(H,51,54)(H,55,56). The van der Waals surface area contributed by atoms with Crippen molar-refractivity contribution < 1.29 is 28.9 Å². The summed E-state index contributed by atoms with van der Waals surface area (Å²) >= 11 is 6.89. The Balaban J connectivity index is 1.01. The number of rotatable bonds is 15. The van der Waals surface area contributed by atoms with E-state index < -0.39 is 12.0 Å². The number of halogens is 1. The molecule has 2 N–H and O–H groups in total. The number of piperidine rings is 3. The van der Waals surface area contributed by atoms with Crippen LogP contribution >= 0.6 is 11.6 Å². The number of carboxylic acid groups (broad SMARTS) is 1. The van der Waals surface area contributed by atoms with E-state index in [0.29, 0.717) is 54.6 Å². The molecule has 3 saturated heterocycles. The number of aliphatic carboxylic acids is 1. The van der Waals surface area contributed by atoms with Crippen LogP contribution in [-0.4, -0.2) is 76.1 Å². The molecule has 3 aliphatic rings. The number of carbonyl (C=O) groups is 2. The van der Waals surface area contributed by atoms with Crippen molar-refractivity contribution in [1.29, 1.82) is 5.26 Å². The lowest BCUT2D eigenvalue weighted by Crippen LogP contribution is -2.57. The van der Waals surface area contributed by atoms with Gasteiger partial charge in [-0.25, -0.2) is 0 Å². The van der Waals surface area contributed by atoms with Crippen LogP contribution in [0.25, 0.3) is 11.1 Å². The number of nitriles is 1. The van der Waals surface area contributed by atoms with Crippen LogP contribution in [0.1, 0.15) is 91.2 Å². The fourth-order valence-electron chi connectivity index (χ4n) is 8.82. The number of nitrogens with one attached hydrogen (secondary N) is 1. The summed E-state index contributed by atoms with van der Waals surface area (Å²) in [6.45, 7) is 9.25. The molecule has 7 rings (SSSR count). The molecular weight excluding hydrogens is 766 g/mol. The van der Waals surface area contributed by atoms with Gasteiger partial charge in [0.15, 0.2) is 0 Å². The smallest absolute Gasteiger partial charge is 0.320 e. The van der Waals surface area contributed by atoms with E-state index >= 15 is 0 Å². The Labute approximate surface area is 352 Å². The highest BCUT2D eigenvalue weighted by Gasteiger charge is 2.37. The molecule has 0 bridgehead atoms. The molecule has 59 heavy (non-hydrogen) atoms. The van der Waals surface area contributed by atoms with E-state index in [-0.39, 0.29) is 24.7 Å². The monoisotopic (exact) mass is 819 g/mol. The molecule has 1 aromatic heterocycles. The lowest BCUT2D eigenvalue weighted by Gasteiger charge is -2.44. The van der Waals surface area contributed by atoms with E-state index in [1.807, 2.05) is 29.2 Å². The van der Waals surface area contributed by atoms with E-state index in [1.54, 1.807) is 18.3 Å². The van der Waals surface area contributed by atoms with Crippen LogP contribution in [0.2, 0.25) is 5.02 Å². The van der Waals surface area contributed by atoms with Gasteiger partial charge in [0.1, 0.15) is 42.6 Å². The summed E-state index contributed by atoms with van der Waals surface area (Å²) < 4.78 is 19.1. The first kappa shape index (κ1) is 42.0. The van der Waals surface area contributed by atoms with Crippen molar-refractivity contribution in [3.63, 3.8) is 0 Å². The number of hydrogen-bond donors (Lipinski definition) is 2. The largest absolute Gasteiger partial charge is 0.493 e. The number of carboxylic acids is 1. The second-order valence-electron chi connectivity index (χ2n) is 16.2. The van der Waals surface area contributed by atoms with Gasteiger partial charge in [-0.15, -0.1) is 0 Å². The van der Waals surface area contributed by atoms with Gasteiger partial charge in [-0.2, -0.15) is 5.26 Å². The fraction of sp³-hybridized carbons (Fsp3) is 0.447. The summed E-state index contributed by atoms with van der Waals surface area (Å²) in [5.41, 5.74) is 7.30. The highest BCUT2D eigenvalue weighted by Crippen LogP contribution is 2.38. The van der Waals surface area contributed by atoms with Gasteiger partial charge >= 0.3 is 5.97 Å². The summed E-state index contributed by atoms with van der Waals surface area (Å²) in [4.78, 5) is 32.7. The third-order valence-corrected chi connectivity index (χ3v) is 12.6. The number of carbonyl (C=O) groups excluding carboxylic acids is 1. The van der Waals surface area contributed by atoms with Crippen molar-refractivity contribution in [2.45, 2.75) is 103 Å². The molecule has 1 atom stereocenters. The van der Waals surface area contributed by atoms with Crippen LogP contribution in [0, 0.1) is 25.2 Å². The molecule has 3 aromatic carbocycles. The molecule has 4 heterocycles. The lowest BCUT2D eigenvalue weighted by molar-refractivity contribution is -0.144. The Kier molecular flexibility index (Phi) is 13.7. The summed E-state index contributed by atoms with van der Waals surface area (Å²) in [7, 11) is 0. The fourth-order valence-corrected chi connectivity index (χ4v) is 9.06. The summed E-state index contributed by atoms with van der Waals surface area (Å²) in [5, 5.41) is 23.0. The zero-order valence-electron chi connectivity index (χ0n) is 34.1. The zero-order chi connectivity index (χ0) is 41.4. The van der Waals surface area contributed by atoms with Gasteiger partial charge in [-0.3, -0.25) is 19.5 Å². The van der Waals surface area contributed by atoms with Gasteiger partial charge in [-0.05, 0) is 111 Å². The predicted molar refractivity (Wildman–Crippen MR) is 227 cm³/mol. The maximum atomic E-state index is 12.1. The van der Waals surface area contributed by atoms with Crippen LogP contribution in [0.4, 0.5) is 0 Å². The van der Waals surface area contributed by atoms with Crippen LogP contribution in [0.5, 0.6) is 17.2 Å². The minimum Gasteiger partial charge on any atom is -0.493 e. The number of hydrogen-bond acceptors (Lipinski definition) is 9. The average molecular weight is 820 g/mol. The van der Waals surface area contributed by atoms with Gasteiger partial charge in [0.25, 0.3) is 0 Å². The number of likely N-dealkylation sites (tertiary alicyclic amines) is 2. The quantitative estimate of drug-likeness (QED) is 0.113. The summed E-state index contributed by atoms with van der Waals surface area (Å²) in [6.07, 6.45) is 11.3. The molecule has 1 unspecified atom stereocenters. The SMILES string of the molecule is Cc1c(COc2cc(OCc3cncc(C#N)c3)c(CN3CCCCC3C(=O)O)cc2Cl)cccc1-c1cccc(OCCCN2CCC3(CCCC(=O)N3)CC2)c1C. The molecule has 12 heteroatoms. The Bertz CT molecular complexity index is 2180. The zero-order valence-corrected chi connectivity index (χ0v) is 34.9. The van der Waals surface area contributed by atoms with E-state index in [1.165, 1.54) is 6.20 Å². The topological polar surface area (TPSA) is 137 Å². The van der Waals surface area contributed by atoms with Gasteiger partial charge in [0, 0.05) is 67.7 Å². The number of amides is 1. The van der Waals surface area contributed by atoms with Crippen LogP contribution < -0.4 is 19.5 Å². The second-order valence-corrected chi connectivity index (χ2v) is 16.6. The number of nitrogens with zero attached hydrogens (tertiary/aromatic N) is 4. The van der Waals surface area contributed by atoms with Crippen molar-refractivity contribution in [2.75, 3.05) is 32.8 Å². The highest BCUT2D eigenvalue weighted by molar-refractivity contribution is 6.32. The number of aromatic nitrogens is 1. The van der Waals surface area contributed by atoms with Crippen LogP contribution in [-0.2, 0) is 29.3 Å². The minimum absolute atomic E-state index is 0.00797. The Morgan fingerprint density at radius 3 is 2.47 bits per heavy atom. The first-order chi connectivity index (χ1) is 28.6. The maximum absolute atomic E-state index is 12.1. The molecule has 11 nitrogen and oxygen atoms in total. The van der Waals surface area contributed by atoms with E-state index in [0.717, 1.165) is 109 Å². The van der Waals surface area contributed by atoms with Gasteiger partial charge < -0.3 is 29.5 Å². The van der Waals surface area contributed by atoms with Crippen molar-refractivity contribution in [3.05, 3.63) is 105 Å². The van der Waals surface area contributed by atoms with E-state index in [9.17, 15) is 20.0 Å². The second kappa shape index (κ2) is 19.3. The third-order valence-electron chi connectivity index (χ3n) is 12.3. The molecule has 3 fully saturated rings. The van der Waals surface area contributed by atoms with Crippen molar-refractivity contribution in [1.82, 2.24) is 20.1 Å². The van der Waals surface area contributed by atoms with Gasteiger partial charge in [0.2, 0.25) is 5.91 Å². The van der Waals surface area contributed by atoms with Crippen molar-refractivity contribution >= 4 is 23.5 Å². The predicted octanol–water partition coefficient (Wildman–Crippen LogP) is 8.39. The van der Waals surface area contributed by atoms with Crippen LogP contribution in [0.3, 0.4) is 0 Å². The number of benzene rings is 3. The summed E-state index contributed by atoms with van der Waals surface area (Å²) in [6, 6.07) is 19.3. The van der Waals surface area contributed by atoms with Crippen LogP contribution in [0.15, 0.2) is 67.0 Å². The molecule has 3 aliphatic heterocycles. The molecule has 310 valence electrons. The van der Waals surface area contributed by atoms with Gasteiger partial charge in [-0.1, -0.05) is 48.4 Å². The van der Waals surface area contributed by atoms with Gasteiger partial charge in [0.05, 0.1) is 17.2 Å². The lowest BCUT2D eigenvalue weighted by atomic mass is 9.80. The van der Waals surface area contributed by atoms with Crippen molar-refractivity contribution in [3.8, 4) is 34.4 Å². The molecule has 1 amide bonds. The Hall–Kier alpha value is -5.15. The van der Waals surface area contributed by atoms with E-state index in [2.05, 4.69) is 53.3 Å². The molecule has 1 spiro atoms. The average Bonchev–Trinajstić information content (AvgIpc) is 3.23. The first-order valence-electron chi connectivity index (χ1n) is 20.8. The Morgan fingerprint density at radius 2 is 1.69 bits per heavy atom. The Morgan fingerprint density at radius 1 is 0.915 bits per heavy atom. The van der Waals surface area contributed by atoms with Crippen molar-refractivity contribution in [2.24, 2.45) is 0 Å². The normalized spacial score (nSPS) is 18.2. The third kappa shape index (κ3) is 10.4.